The third-order valence-electron chi connectivity index (χ3n) is 2.05. The lowest BCUT2D eigenvalue weighted by atomic mass is 9.88. The minimum Gasteiger partial charge on any atom is -0.354 e. The average Bonchev–Trinajstić information content (AvgIpc) is 2.07. The van der Waals surface area contributed by atoms with Gasteiger partial charge in [0.1, 0.15) is 0 Å². The van der Waals surface area contributed by atoms with Crippen molar-refractivity contribution in [1.29, 1.82) is 0 Å². The Kier molecular flexibility index (Phi) is 1.68. The van der Waals surface area contributed by atoms with Gasteiger partial charge in [0.15, 0.2) is 0 Å². The van der Waals surface area contributed by atoms with Gasteiger partial charge in [0.25, 0.3) is 0 Å². The number of hydrogen-bond donors (Lipinski definition) is 2. The standard InChI is InChI=1S/C7H14N2O/c1-7(2)4-9-6(10)5(7)8-3/h5,8H,4H2,1-3H3,(H,9,10). The Morgan fingerprint density at radius 2 is 2.30 bits per heavy atom. The first-order valence-electron chi connectivity index (χ1n) is 3.53. The summed E-state index contributed by atoms with van der Waals surface area (Å²) in [5.74, 6) is 0.118. The Bertz CT molecular complexity index is 154. The predicted octanol–water partition coefficient (Wildman–Crippen LogP) is -0.270. The maximum absolute atomic E-state index is 11.0. The van der Waals surface area contributed by atoms with Crippen LogP contribution in [0.2, 0.25) is 0 Å². The quantitative estimate of drug-likeness (QED) is 0.529. The highest BCUT2D eigenvalue weighted by atomic mass is 16.2. The molecule has 0 aromatic heterocycles. The van der Waals surface area contributed by atoms with E-state index in [2.05, 4.69) is 24.5 Å². The zero-order chi connectivity index (χ0) is 7.78. The molecule has 0 aliphatic carbocycles. The molecule has 0 saturated carbocycles. The van der Waals surface area contributed by atoms with Gasteiger partial charge in [-0.1, -0.05) is 13.8 Å². The highest BCUT2D eigenvalue weighted by molar-refractivity contribution is 5.85. The van der Waals surface area contributed by atoms with Crippen molar-refractivity contribution in [3.8, 4) is 0 Å². The van der Waals surface area contributed by atoms with E-state index in [-0.39, 0.29) is 17.4 Å². The van der Waals surface area contributed by atoms with Crippen LogP contribution in [0.25, 0.3) is 0 Å². The minimum atomic E-state index is -0.0208. The summed E-state index contributed by atoms with van der Waals surface area (Å²) in [4.78, 5) is 11.0. The van der Waals surface area contributed by atoms with E-state index in [9.17, 15) is 4.79 Å². The van der Waals surface area contributed by atoms with Crippen LogP contribution in [0.3, 0.4) is 0 Å². The third kappa shape index (κ3) is 1.01. The van der Waals surface area contributed by atoms with Crippen molar-refractivity contribution in [1.82, 2.24) is 10.6 Å². The van der Waals surface area contributed by atoms with Crippen molar-refractivity contribution in [2.75, 3.05) is 13.6 Å². The van der Waals surface area contributed by atoms with Crippen LogP contribution in [0.4, 0.5) is 0 Å². The average molecular weight is 142 g/mol. The van der Waals surface area contributed by atoms with Crippen molar-refractivity contribution >= 4 is 5.91 Å². The highest BCUT2D eigenvalue weighted by Crippen LogP contribution is 2.23. The second-order valence-electron chi connectivity index (χ2n) is 3.43. The van der Waals surface area contributed by atoms with Crippen LogP contribution in [0.1, 0.15) is 13.8 Å². The SMILES string of the molecule is CNC1C(=O)NCC1(C)C. The second-order valence-corrected chi connectivity index (χ2v) is 3.43. The van der Waals surface area contributed by atoms with E-state index >= 15 is 0 Å². The fraction of sp³-hybridized carbons (Fsp3) is 0.857. The fourth-order valence-corrected chi connectivity index (χ4v) is 1.40. The molecular weight excluding hydrogens is 128 g/mol. The van der Waals surface area contributed by atoms with Crippen LogP contribution in [0, 0.1) is 5.41 Å². The molecule has 1 aliphatic heterocycles. The molecule has 1 heterocycles. The molecule has 10 heavy (non-hydrogen) atoms. The van der Waals surface area contributed by atoms with Crippen LogP contribution >= 0.6 is 0 Å². The van der Waals surface area contributed by atoms with Crippen molar-refractivity contribution in [2.24, 2.45) is 5.41 Å². The Labute approximate surface area is 61.2 Å². The number of likely N-dealkylation sites (N-methyl/N-ethyl adjacent to an activating group) is 1. The zero-order valence-electron chi connectivity index (χ0n) is 6.69. The smallest absolute Gasteiger partial charge is 0.237 e. The Hall–Kier alpha value is -0.570. The van der Waals surface area contributed by atoms with Gasteiger partial charge in [-0.2, -0.15) is 0 Å². The number of nitrogens with one attached hydrogen (secondary N) is 2. The number of carbonyl (C=O) groups excluding carboxylic acids is 1. The number of amides is 1. The summed E-state index contributed by atoms with van der Waals surface area (Å²) >= 11 is 0. The third-order valence-corrected chi connectivity index (χ3v) is 2.05. The van der Waals surface area contributed by atoms with Crippen LogP contribution in [-0.2, 0) is 4.79 Å². The maximum atomic E-state index is 11.0. The number of hydrogen-bond acceptors (Lipinski definition) is 2. The molecule has 3 heteroatoms. The Morgan fingerprint density at radius 3 is 2.50 bits per heavy atom. The van der Waals surface area contributed by atoms with E-state index in [1.165, 1.54) is 0 Å². The molecule has 1 saturated heterocycles. The summed E-state index contributed by atoms with van der Waals surface area (Å²) < 4.78 is 0. The molecule has 0 spiro atoms. The molecule has 0 bridgehead atoms. The van der Waals surface area contributed by atoms with Gasteiger partial charge < -0.3 is 10.6 Å². The molecule has 1 atom stereocenters. The van der Waals surface area contributed by atoms with E-state index in [0.717, 1.165) is 6.54 Å². The summed E-state index contributed by atoms with van der Waals surface area (Å²) in [6.45, 7) is 4.93. The minimum absolute atomic E-state index is 0.0208. The van der Waals surface area contributed by atoms with Gasteiger partial charge in [-0.05, 0) is 7.05 Å². The zero-order valence-corrected chi connectivity index (χ0v) is 6.69. The van der Waals surface area contributed by atoms with E-state index in [0.29, 0.717) is 0 Å². The van der Waals surface area contributed by atoms with Gasteiger partial charge in [0.2, 0.25) is 5.91 Å². The molecule has 1 aliphatic rings. The first-order valence-corrected chi connectivity index (χ1v) is 3.53. The first-order chi connectivity index (χ1) is 4.58. The van der Waals surface area contributed by atoms with E-state index in [1.54, 1.807) is 0 Å². The van der Waals surface area contributed by atoms with Crippen molar-refractivity contribution in [3.05, 3.63) is 0 Å². The van der Waals surface area contributed by atoms with Crippen LogP contribution < -0.4 is 10.6 Å². The molecule has 58 valence electrons. The Morgan fingerprint density at radius 1 is 1.70 bits per heavy atom. The Balaban J connectivity index is 2.73. The van der Waals surface area contributed by atoms with E-state index in [4.69, 9.17) is 0 Å². The van der Waals surface area contributed by atoms with Crippen molar-refractivity contribution in [2.45, 2.75) is 19.9 Å². The van der Waals surface area contributed by atoms with Gasteiger partial charge in [-0.3, -0.25) is 4.79 Å². The molecule has 0 aromatic rings. The number of rotatable bonds is 1. The fourth-order valence-electron chi connectivity index (χ4n) is 1.40. The van der Waals surface area contributed by atoms with Crippen molar-refractivity contribution < 1.29 is 4.79 Å². The van der Waals surface area contributed by atoms with Gasteiger partial charge in [0.05, 0.1) is 6.04 Å². The summed E-state index contributed by atoms with van der Waals surface area (Å²) in [5, 5.41) is 5.80. The van der Waals surface area contributed by atoms with Crippen molar-refractivity contribution in [3.63, 3.8) is 0 Å². The number of carbonyl (C=O) groups is 1. The van der Waals surface area contributed by atoms with Crippen LogP contribution in [0.5, 0.6) is 0 Å². The molecule has 0 radical (unpaired) electrons. The summed E-state index contributed by atoms with van der Waals surface area (Å²) in [6, 6.07) is -0.0208. The predicted molar refractivity (Wildman–Crippen MR) is 39.6 cm³/mol. The molecule has 1 amide bonds. The molecule has 1 unspecified atom stereocenters. The largest absolute Gasteiger partial charge is 0.354 e. The lowest BCUT2D eigenvalue weighted by Gasteiger charge is -2.22. The van der Waals surface area contributed by atoms with Gasteiger partial charge in [-0.15, -0.1) is 0 Å². The van der Waals surface area contributed by atoms with E-state index in [1.807, 2.05) is 7.05 Å². The lowest BCUT2D eigenvalue weighted by molar-refractivity contribution is -0.121. The maximum Gasteiger partial charge on any atom is 0.237 e. The molecule has 1 rings (SSSR count). The molecular formula is C7H14N2O. The molecule has 0 aromatic carbocycles. The summed E-state index contributed by atoms with van der Waals surface area (Å²) in [7, 11) is 1.82. The molecule has 1 fully saturated rings. The monoisotopic (exact) mass is 142 g/mol. The van der Waals surface area contributed by atoms with Gasteiger partial charge in [-0.25, -0.2) is 0 Å². The normalized spacial score (nSPS) is 30.3. The summed E-state index contributed by atoms with van der Waals surface area (Å²) in [5.41, 5.74) is 0.0613. The van der Waals surface area contributed by atoms with Gasteiger partial charge in [0, 0.05) is 12.0 Å². The second kappa shape index (κ2) is 2.23. The van der Waals surface area contributed by atoms with E-state index < -0.39 is 0 Å². The first kappa shape index (κ1) is 7.54. The van der Waals surface area contributed by atoms with Crippen LogP contribution in [0.15, 0.2) is 0 Å². The molecule has 2 N–H and O–H groups in total. The summed E-state index contributed by atoms with van der Waals surface area (Å²) in [6.07, 6.45) is 0. The molecule has 3 nitrogen and oxygen atoms in total. The topological polar surface area (TPSA) is 41.1 Å². The van der Waals surface area contributed by atoms with Gasteiger partial charge >= 0.3 is 0 Å². The lowest BCUT2D eigenvalue weighted by Crippen LogP contribution is -2.41. The van der Waals surface area contributed by atoms with Crippen LogP contribution in [-0.4, -0.2) is 25.5 Å². The highest BCUT2D eigenvalue weighted by Gasteiger charge is 2.39.